The molecule has 1 fully saturated rings. The Morgan fingerprint density at radius 1 is 1.30 bits per heavy atom. The van der Waals surface area contributed by atoms with Crippen molar-refractivity contribution in [2.24, 2.45) is 16.7 Å². The molecule has 5 heteroatoms. The molecular weight excluding hydrogens is 260 g/mol. The average molecular weight is 290 g/mol. The summed E-state index contributed by atoms with van der Waals surface area (Å²) in [5.41, 5.74) is -0.580. The minimum absolute atomic E-state index is 0.0317. The van der Waals surface area contributed by atoms with Crippen LogP contribution in [0.15, 0.2) is 0 Å². The largest absolute Gasteiger partial charge is 0.396 e. The van der Waals surface area contributed by atoms with E-state index in [9.17, 15) is 5.11 Å². The van der Waals surface area contributed by atoms with E-state index in [1.165, 1.54) is 0 Å². The zero-order valence-electron chi connectivity index (χ0n) is 13.6. The van der Waals surface area contributed by atoms with Crippen molar-refractivity contribution in [2.75, 3.05) is 33.5 Å². The highest BCUT2D eigenvalue weighted by Gasteiger charge is 2.40. The molecule has 1 aliphatic heterocycles. The minimum atomic E-state index is -0.394. The monoisotopic (exact) mass is 290 g/mol. The second kappa shape index (κ2) is 7.18. The topological polar surface area (TPSA) is 57.2 Å². The summed E-state index contributed by atoms with van der Waals surface area (Å²) in [4.78, 5) is 0. The summed E-state index contributed by atoms with van der Waals surface area (Å²) in [6.45, 7) is 11.7. The molecule has 120 valence electrons. The molecule has 0 aromatic rings. The van der Waals surface area contributed by atoms with E-state index in [0.717, 1.165) is 0 Å². The molecule has 0 spiro atoms. The lowest BCUT2D eigenvalue weighted by Gasteiger charge is -2.42. The Morgan fingerprint density at radius 2 is 1.85 bits per heavy atom. The summed E-state index contributed by atoms with van der Waals surface area (Å²) in [7, 11) is 1.65. The van der Waals surface area contributed by atoms with E-state index in [2.05, 4.69) is 20.8 Å². The number of aliphatic hydroxyl groups excluding tert-OH is 1. The van der Waals surface area contributed by atoms with E-state index in [1.54, 1.807) is 7.11 Å². The highest BCUT2D eigenvalue weighted by molar-refractivity contribution is 4.81. The van der Waals surface area contributed by atoms with Gasteiger partial charge in [0.2, 0.25) is 0 Å². The molecule has 0 aromatic heterocycles. The molecular formula is C15H30O5. The predicted octanol–water partition coefficient (Wildman–Crippen LogP) is 2.03. The number of methoxy groups -OCH3 is 1. The van der Waals surface area contributed by atoms with Gasteiger partial charge in [-0.05, 0) is 0 Å². The second-order valence-corrected chi connectivity index (χ2v) is 7.07. The van der Waals surface area contributed by atoms with Crippen LogP contribution in [0, 0.1) is 16.7 Å². The number of ether oxygens (including phenoxy) is 4. The quantitative estimate of drug-likeness (QED) is 0.727. The van der Waals surface area contributed by atoms with Gasteiger partial charge < -0.3 is 24.1 Å². The molecule has 1 unspecified atom stereocenters. The first-order chi connectivity index (χ1) is 9.24. The normalized spacial score (nSPS) is 29.7. The van der Waals surface area contributed by atoms with Crippen molar-refractivity contribution in [3.05, 3.63) is 0 Å². The smallest absolute Gasteiger partial charge is 0.164 e. The van der Waals surface area contributed by atoms with Gasteiger partial charge in [-0.3, -0.25) is 0 Å². The fourth-order valence-electron chi connectivity index (χ4n) is 2.07. The lowest BCUT2D eigenvalue weighted by atomic mass is 9.89. The van der Waals surface area contributed by atoms with Crippen LogP contribution in [0.4, 0.5) is 0 Å². The Bertz CT molecular complexity index is 282. The zero-order chi connectivity index (χ0) is 15.4. The molecule has 1 rings (SSSR count). The maximum Gasteiger partial charge on any atom is 0.164 e. The van der Waals surface area contributed by atoms with Gasteiger partial charge in [0.1, 0.15) is 0 Å². The summed E-state index contributed by atoms with van der Waals surface area (Å²) < 4.78 is 22.7. The van der Waals surface area contributed by atoms with Gasteiger partial charge in [-0.25, -0.2) is 0 Å². The van der Waals surface area contributed by atoms with Crippen molar-refractivity contribution in [2.45, 2.75) is 47.2 Å². The van der Waals surface area contributed by atoms with Crippen LogP contribution in [0.1, 0.15) is 34.6 Å². The van der Waals surface area contributed by atoms with Crippen LogP contribution < -0.4 is 0 Å². The van der Waals surface area contributed by atoms with Crippen LogP contribution in [0.25, 0.3) is 0 Å². The third-order valence-corrected chi connectivity index (χ3v) is 3.58. The summed E-state index contributed by atoms with van der Waals surface area (Å²) in [6.07, 6.45) is -0.581. The fourth-order valence-corrected chi connectivity index (χ4v) is 2.07. The average Bonchev–Trinajstić information content (AvgIpc) is 2.39. The maximum absolute atomic E-state index is 9.34. The van der Waals surface area contributed by atoms with Gasteiger partial charge in [0.05, 0.1) is 26.4 Å². The molecule has 5 nitrogen and oxygen atoms in total. The van der Waals surface area contributed by atoms with E-state index in [0.29, 0.717) is 25.7 Å². The number of rotatable bonds is 7. The van der Waals surface area contributed by atoms with Crippen LogP contribution in [0.5, 0.6) is 0 Å². The minimum Gasteiger partial charge on any atom is -0.396 e. The molecule has 20 heavy (non-hydrogen) atoms. The standard InChI is InChI=1S/C15H30O5/c1-11(2)12(17-6)18-8-15(5)9-19-13(20-10-15)14(3,4)7-16/h11-13,16H,7-10H2,1-6H3. The zero-order valence-corrected chi connectivity index (χ0v) is 13.6. The van der Waals surface area contributed by atoms with Crippen molar-refractivity contribution in [3.8, 4) is 0 Å². The van der Waals surface area contributed by atoms with Crippen LogP contribution in [0.2, 0.25) is 0 Å². The Hall–Kier alpha value is -0.200. The molecule has 1 N–H and O–H groups in total. The number of hydrogen-bond acceptors (Lipinski definition) is 5. The van der Waals surface area contributed by atoms with E-state index in [-0.39, 0.29) is 24.6 Å². The molecule has 0 radical (unpaired) electrons. The van der Waals surface area contributed by atoms with Crippen molar-refractivity contribution in [1.29, 1.82) is 0 Å². The first kappa shape index (κ1) is 17.9. The van der Waals surface area contributed by atoms with Gasteiger partial charge in [-0.2, -0.15) is 0 Å². The number of hydrogen-bond donors (Lipinski definition) is 1. The fraction of sp³-hybridized carbons (Fsp3) is 1.00. The molecule has 0 saturated carbocycles. The molecule has 1 saturated heterocycles. The molecule has 0 aromatic carbocycles. The van der Waals surface area contributed by atoms with Gasteiger partial charge in [0, 0.05) is 23.9 Å². The van der Waals surface area contributed by atoms with E-state index in [4.69, 9.17) is 18.9 Å². The molecule has 1 atom stereocenters. The van der Waals surface area contributed by atoms with Gasteiger partial charge in [-0.15, -0.1) is 0 Å². The lowest BCUT2D eigenvalue weighted by molar-refractivity contribution is -0.285. The summed E-state index contributed by atoms with van der Waals surface area (Å²) in [6, 6.07) is 0. The van der Waals surface area contributed by atoms with Crippen molar-refractivity contribution >= 4 is 0 Å². The van der Waals surface area contributed by atoms with Gasteiger partial charge in [0.15, 0.2) is 12.6 Å². The Kier molecular flexibility index (Phi) is 6.41. The predicted molar refractivity (Wildman–Crippen MR) is 76.3 cm³/mol. The molecule has 0 aliphatic carbocycles. The van der Waals surface area contributed by atoms with Crippen LogP contribution in [-0.4, -0.2) is 51.2 Å². The van der Waals surface area contributed by atoms with E-state index < -0.39 is 5.41 Å². The van der Waals surface area contributed by atoms with Crippen LogP contribution in [-0.2, 0) is 18.9 Å². The van der Waals surface area contributed by atoms with Crippen LogP contribution in [0.3, 0.4) is 0 Å². The van der Waals surface area contributed by atoms with E-state index >= 15 is 0 Å². The van der Waals surface area contributed by atoms with Gasteiger partial charge >= 0.3 is 0 Å². The third-order valence-electron chi connectivity index (χ3n) is 3.58. The highest BCUT2D eigenvalue weighted by Crippen LogP contribution is 2.33. The SMILES string of the molecule is COC(OCC1(C)COC(C(C)(C)CO)OC1)C(C)C. The lowest BCUT2D eigenvalue weighted by Crippen LogP contribution is -2.49. The Labute approximate surface area is 122 Å². The first-order valence-corrected chi connectivity index (χ1v) is 7.22. The maximum atomic E-state index is 9.34. The summed E-state index contributed by atoms with van der Waals surface area (Å²) in [5, 5.41) is 9.34. The number of aliphatic hydroxyl groups is 1. The molecule has 1 aliphatic rings. The highest BCUT2D eigenvalue weighted by atomic mass is 16.7. The van der Waals surface area contributed by atoms with Crippen molar-refractivity contribution in [3.63, 3.8) is 0 Å². The Balaban J connectivity index is 2.46. The summed E-state index contributed by atoms with van der Waals surface area (Å²) in [5.74, 6) is 0.301. The summed E-state index contributed by atoms with van der Waals surface area (Å²) >= 11 is 0. The van der Waals surface area contributed by atoms with Crippen molar-refractivity contribution in [1.82, 2.24) is 0 Å². The van der Waals surface area contributed by atoms with E-state index in [1.807, 2.05) is 13.8 Å². The molecule has 0 bridgehead atoms. The Morgan fingerprint density at radius 3 is 2.25 bits per heavy atom. The first-order valence-electron chi connectivity index (χ1n) is 7.22. The van der Waals surface area contributed by atoms with Crippen LogP contribution >= 0.6 is 0 Å². The van der Waals surface area contributed by atoms with Gasteiger partial charge in [-0.1, -0.05) is 34.6 Å². The molecule has 1 heterocycles. The second-order valence-electron chi connectivity index (χ2n) is 7.07. The molecule has 0 amide bonds. The van der Waals surface area contributed by atoms with Crippen molar-refractivity contribution < 1.29 is 24.1 Å². The third kappa shape index (κ3) is 4.67. The van der Waals surface area contributed by atoms with Gasteiger partial charge in [0.25, 0.3) is 0 Å².